The Morgan fingerprint density at radius 2 is 2.20 bits per heavy atom. The van der Waals surface area contributed by atoms with E-state index >= 15 is 0 Å². The minimum atomic E-state index is -0.130. The molecule has 0 spiro atoms. The summed E-state index contributed by atoms with van der Waals surface area (Å²) in [6.07, 6.45) is 3.38. The quantitative estimate of drug-likeness (QED) is 0.769. The fourth-order valence-electron chi connectivity index (χ4n) is 2.54. The number of aromatic nitrogens is 5. The molecule has 0 N–H and O–H groups in total. The highest BCUT2D eigenvalue weighted by atomic mass is 79.9. The van der Waals surface area contributed by atoms with Crippen molar-refractivity contribution in [2.45, 2.75) is 19.4 Å². The van der Waals surface area contributed by atoms with Gasteiger partial charge >= 0.3 is 0 Å². The van der Waals surface area contributed by atoms with Crippen molar-refractivity contribution in [1.82, 2.24) is 24.8 Å². The Labute approximate surface area is 124 Å². The number of hydrogen-bond donors (Lipinski definition) is 0. The molecule has 3 rings (SSSR count). The van der Waals surface area contributed by atoms with Crippen molar-refractivity contribution in [2.75, 3.05) is 18.5 Å². The zero-order valence-corrected chi connectivity index (χ0v) is 12.8. The molecule has 7 nitrogen and oxygen atoms in total. The van der Waals surface area contributed by atoms with E-state index in [1.807, 2.05) is 0 Å². The number of nitrogens with zero attached hydrogens (tertiary/aromatic N) is 5. The van der Waals surface area contributed by atoms with Gasteiger partial charge in [0.25, 0.3) is 5.56 Å². The molecule has 108 valence electrons. The fraction of sp³-hybridized carbons (Fsp3) is 0.667. The van der Waals surface area contributed by atoms with Crippen LogP contribution in [0.1, 0.15) is 12.8 Å². The molecule has 1 aliphatic heterocycles. The lowest BCUT2D eigenvalue weighted by Crippen LogP contribution is -2.39. The maximum absolute atomic E-state index is 12.4. The van der Waals surface area contributed by atoms with E-state index in [-0.39, 0.29) is 11.0 Å². The van der Waals surface area contributed by atoms with Crippen LogP contribution in [-0.4, -0.2) is 43.3 Å². The first kappa shape index (κ1) is 13.7. The van der Waals surface area contributed by atoms with E-state index in [0.717, 1.165) is 31.4 Å². The summed E-state index contributed by atoms with van der Waals surface area (Å²) in [6, 6.07) is 0. The predicted octanol–water partition coefficient (Wildman–Crippen LogP) is 0.717. The van der Waals surface area contributed by atoms with Gasteiger partial charge in [-0.25, -0.2) is 9.36 Å². The van der Waals surface area contributed by atoms with Crippen molar-refractivity contribution in [2.24, 2.45) is 12.5 Å². The zero-order valence-electron chi connectivity index (χ0n) is 11.3. The third-order valence-corrected chi connectivity index (χ3v) is 5.13. The summed E-state index contributed by atoms with van der Waals surface area (Å²) < 4.78 is 8.42. The van der Waals surface area contributed by atoms with Crippen molar-refractivity contribution in [3.8, 4) is 0 Å². The second-order valence-electron chi connectivity index (χ2n) is 5.30. The number of halogens is 1. The molecule has 0 aliphatic carbocycles. The molecule has 1 saturated heterocycles. The molecule has 2 aromatic rings. The summed E-state index contributed by atoms with van der Waals surface area (Å²) in [5.74, 6) is 0. The lowest BCUT2D eigenvalue weighted by atomic mass is 9.82. The number of aryl methyl sites for hydroxylation is 1. The van der Waals surface area contributed by atoms with Gasteiger partial charge in [0, 0.05) is 31.0 Å². The van der Waals surface area contributed by atoms with E-state index in [2.05, 4.69) is 31.3 Å². The van der Waals surface area contributed by atoms with Crippen LogP contribution in [0.3, 0.4) is 0 Å². The first-order chi connectivity index (χ1) is 9.65. The lowest BCUT2D eigenvalue weighted by Gasteiger charge is -2.35. The highest BCUT2D eigenvalue weighted by Crippen LogP contribution is 2.33. The summed E-state index contributed by atoms with van der Waals surface area (Å²) in [5.41, 5.74) is 0.396. The SMILES string of the molecule is Cn1ncc2c(=O)n(CC3(CBr)CCOCC3)nnc21. The van der Waals surface area contributed by atoms with Crippen LogP contribution in [0.2, 0.25) is 0 Å². The van der Waals surface area contributed by atoms with Gasteiger partial charge in [-0.1, -0.05) is 21.1 Å². The number of fused-ring (bicyclic) bond motifs is 1. The average Bonchev–Trinajstić information content (AvgIpc) is 2.85. The third kappa shape index (κ3) is 2.26. The van der Waals surface area contributed by atoms with Gasteiger partial charge in [-0.3, -0.25) is 4.79 Å². The van der Waals surface area contributed by atoms with Gasteiger partial charge in [0.1, 0.15) is 5.39 Å². The van der Waals surface area contributed by atoms with E-state index in [0.29, 0.717) is 17.6 Å². The number of hydrogen-bond acceptors (Lipinski definition) is 5. The van der Waals surface area contributed by atoms with Crippen LogP contribution in [0.5, 0.6) is 0 Å². The lowest BCUT2D eigenvalue weighted by molar-refractivity contribution is 0.0159. The molecule has 0 radical (unpaired) electrons. The Bertz CT molecular complexity index is 674. The van der Waals surface area contributed by atoms with E-state index in [9.17, 15) is 4.79 Å². The fourth-order valence-corrected chi connectivity index (χ4v) is 3.27. The number of ether oxygens (including phenoxy) is 1. The molecule has 3 heterocycles. The van der Waals surface area contributed by atoms with Crippen molar-refractivity contribution in [1.29, 1.82) is 0 Å². The summed E-state index contributed by atoms with van der Waals surface area (Å²) in [6.45, 7) is 2.00. The molecule has 1 fully saturated rings. The van der Waals surface area contributed by atoms with Gasteiger partial charge in [-0.15, -0.1) is 5.10 Å². The summed E-state index contributed by atoms with van der Waals surface area (Å²) in [7, 11) is 1.75. The minimum Gasteiger partial charge on any atom is -0.381 e. The van der Waals surface area contributed by atoms with Crippen LogP contribution < -0.4 is 5.56 Å². The molecule has 0 unspecified atom stereocenters. The van der Waals surface area contributed by atoms with Crippen LogP contribution in [-0.2, 0) is 18.3 Å². The molecule has 0 saturated carbocycles. The molecule has 20 heavy (non-hydrogen) atoms. The molecule has 8 heteroatoms. The molecule has 0 amide bonds. The van der Waals surface area contributed by atoms with Gasteiger partial charge in [0.05, 0.1) is 12.7 Å². The van der Waals surface area contributed by atoms with Crippen LogP contribution >= 0.6 is 15.9 Å². The predicted molar refractivity (Wildman–Crippen MR) is 76.8 cm³/mol. The first-order valence-electron chi connectivity index (χ1n) is 6.54. The van der Waals surface area contributed by atoms with Gasteiger partial charge < -0.3 is 4.74 Å². The molecule has 2 aromatic heterocycles. The van der Waals surface area contributed by atoms with E-state index in [1.54, 1.807) is 17.9 Å². The highest BCUT2D eigenvalue weighted by molar-refractivity contribution is 9.09. The Balaban J connectivity index is 1.98. The Morgan fingerprint density at radius 1 is 1.45 bits per heavy atom. The second-order valence-corrected chi connectivity index (χ2v) is 5.86. The van der Waals surface area contributed by atoms with Crippen molar-refractivity contribution >= 4 is 27.0 Å². The van der Waals surface area contributed by atoms with E-state index in [4.69, 9.17) is 4.74 Å². The average molecular weight is 342 g/mol. The highest BCUT2D eigenvalue weighted by Gasteiger charge is 2.33. The molecule has 0 bridgehead atoms. The molecular weight excluding hydrogens is 326 g/mol. The molecule has 0 atom stereocenters. The van der Waals surface area contributed by atoms with Crippen LogP contribution in [0.25, 0.3) is 11.0 Å². The summed E-state index contributed by atoms with van der Waals surface area (Å²) >= 11 is 3.57. The monoisotopic (exact) mass is 341 g/mol. The summed E-state index contributed by atoms with van der Waals surface area (Å²) in [4.78, 5) is 12.4. The third-order valence-electron chi connectivity index (χ3n) is 3.94. The van der Waals surface area contributed by atoms with Crippen molar-refractivity contribution in [3.63, 3.8) is 0 Å². The maximum atomic E-state index is 12.4. The van der Waals surface area contributed by atoms with Crippen LogP contribution in [0.4, 0.5) is 0 Å². The van der Waals surface area contributed by atoms with Crippen molar-refractivity contribution < 1.29 is 4.74 Å². The standard InChI is InChI=1S/C12H16BrN5O2/c1-17-10-9(6-14-17)11(19)18(16-15-10)8-12(7-13)2-4-20-5-3-12/h6H,2-5,7-8H2,1H3. The second kappa shape index (κ2) is 5.25. The zero-order chi connectivity index (χ0) is 14.2. The van der Waals surface area contributed by atoms with Gasteiger partial charge in [-0.05, 0) is 12.8 Å². The molecule has 0 aromatic carbocycles. The molecular formula is C12H16BrN5O2. The van der Waals surface area contributed by atoms with Gasteiger partial charge in [-0.2, -0.15) is 5.10 Å². The van der Waals surface area contributed by atoms with Crippen molar-refractivity contribution in [3.05, 3.63) is 16.6 Å². The minimum absolute atomic E-state index is 0.00659. The Morgan fingerprint density at radius 3 is 2.90 bits per heavy atom. The topological polar surface area (TPSA) is 74.8 Å². The normalized spacial score (nSPS) is 18.5. The van der Waals surface area contributed by atoms with E-state index in [1.165, 1.54) is 4.68 Å². The summed E-state index contributed by atoms with van der Waals surface area (Å²) in [5, 5.41) is 13.5. The Hall–Kier alpha value is -1.28. The smallest absolute Gasteiger partial charge is 0.280 e. The largest absolute Gasteiger partial charge is 0.381 e. The van der Waals surface area contributed by atoms with E-state index < -0.39 is 0 Å². The van der Waals surface area contributed by atoms with Crippen LogP contribution in [0.15, 0.2) is 11.0 Å². The van der Waals surface area contributed by atoms with Gasteiger partial charge in [0.2, 0.25) is 0 Å². The molecule has 1 aliphatic rings. The van der Waals surface area contributed by atoms with Crippen LogP contribution in [0, 0.1) is 5.41 Å². The Kier molecular flexibility index (Phi) is 3.59. The number of alkyl halides is 1. The number of rotatable bonds is 3. The maximum Gasteiger partial charge on any atom is 0.280 e. The van der Waals surface area contributed by atoms with Gasteiger partial charge in [0.15, 0.2) is 5.65 Å². The first-order valence-corrected chi connectivity index (χ1v) is 7.67.